The van der Waals surface area contributed by atoms with Crippen LogP contribution in [0.5, 0.6) is 0 Å². The number of H-pyrrole nitrogens is 1. The van der Waals surface area contributed by atoms with Crippen LogP contribution in [-0.2, 0) is 23.9 Å². The van der Waals surface area contributed by atoms with Gasteiger partial charge in [-0.2, -0.15) is 5.10 Å². The van der Waals surface area contributed by atoms with Crippen LogP contribution in [0.4, 0.5) is 8.78 Å². The monoisotopic (exact) mass is 648 g/mol. The van der Waals surface area contributed by atoms with Crippen LogP contribution in [0, 0.1) is 28.6 Å². The van der Waals surface area contributed by atoms with Gasteiger partial charge in [0.2, 0.25) is 23.6 Å². The smallest absolute Gasteiger partial charge is 0.257 e. The fraction of sp³-hybridized carbons (Fsp3) is 0.781. The second kappa shape index (κ2) is 12.5. The number of alkyl halides is 2. The van der Waals surface area contributed by atoms with Crippen molar-refractivity contribution in [3.63, 3.8) is 0 Å². The number of likely N-dealkylation sites (tertiary alicyclic amines) is 2. The van der Waals surface area contributed by atoms with Gasteiger partial charge >= 0.3 is 0 Å². The number of carbonyl (C=O) groups is 4. The molecule has 6 rings (SSSR count). The van der Waals surface area contributed by atoms with Gasteiger partial charge in [-0.1, -0.05) is 13.8 Å². The summed E-state index contributed by atoms with van der Waals surface area (Å²) in [6.45, 7) is 8.75. The summed E-state index contributed by atoms with van der Waals surface area (Å²) in [7, 11) is 0. The highest BCUT2D eigenvalue weighted by atomic mass is 19.3. The molecule has 1 spiro atoms. The van der Waals surface area contributed by atoms with Crippen LogP contribution in [0.25, 0.3) is 0 Å². The minimum absolute atomic E-state index is 0.0305. The lowest BCUT2D eigenvalue weighted by Crippen LogP contribution is -2.65. The fourth-order valence-electron chi connectivity index (χ4n) is 7.60. The molecule has 4 amide bonds. The number of hydrogen-bond acceptors (Lipinski definition) is 7. The van der Waals surface area contributed by atoms with E-state index in [9.17, 15) is 28.0 Å². The van der Waals surface area contributed by atoms with Crippen molar-refractivity contribution in [1.82, 2.24) is 30.2 Å². The number of morpholine rings is 1. The Morgan fingerprint density at radius 2 is 1.72 bits per heavy atom. The van der Waals surface area contributed by atoms with Crippen molar-refractivity contribution >= 4 is 23.6 Å². The van der Waals surface area contributed by atoms with Crippen molar-refractivity contribution in [2.75, 3.05) is 59.1 Å². The third-order valence-corrected chi connectivity index (χ3v) is 10.9. The second-order valence-corrected chi connectivity index (χ2v) is 14.8. The summed E-state index contributed by atoms with van der Waals surface area (Å²) in [5.74, 6) is -4.23. The number of halogens is 2. The predicted molar refractivity (Wildman–Crippen MR) is 161 cm³/mol. The number of hydrogen-bond donors (Lipinski definition) is 2. The normalized spacial score (nSPS) is 28.0. The molecule has 3 saturated heterocycles. The summed E-state index contributed by atoms with van der Waals surface area (Å²) in [6.07, 6.45) is 3.38. The van der Waals surface area contributed by atoms with E-state index in [-0.39, 0.29) is 66.9 Å². The number of ether oxygens (including phenoxy) is 2. The minimum Gasteiger partial charge on any atom is -0.378 e. The SMILES string of the molecule is C[C@@H](OCC1CCC(F)(F)CC1)[C@H](NC(=O)[C@@H]1CN(C(=O)c2cn[nH]c2)CC12CN(C(=O)[C@H]1CC1(C)C)C2)C(=O)N1CCOCC1. The van der Waals surface area contributed by atoms with Gasteiger partial charge in [0.05, 0.1) is 37.0 Å². The van der Waals surface area contributed by atoms with Gasteiger partial charge in [-0.3, -0.25) is 24.3 Å². The van der Waals surface area contributed by atoms with E-state index < -0.39 is 29.4 Å². The van der Waals surface area contributed by atoms with Gasteiger partial charge in [-0.05, 0) is 37.5 Å². The molecule has 4 atom stereocenters. The van der Waals surface area contributed by atoms with Gasteiger partial charge in [0.15, 0.2) is 0 Å². The number of nitrogens with zero attached hydrogens (tertiary/aromatic N) is 4. The van der Waals surface area contributed by atoms with Gasteiger partial charge in [0, 0.05) is 76.2 Å². The molecule has 5 aliphatic rings. The summed E-state index contributed by atoms with van der Waals surface area (Å²) in [5.41, 5.74) is -0.300. The number of aromatic nitrogens is 2. The molecule has 4 heterocycles. The molecular formula is C32H46F2N6O6. The van der Waals surface area contributed by atoms with Crippen LogP contribution in [0.3, 0.4) is 0 Å². The van der Waals surface area contributed by atoms with Gasteiger partial charge in [0.1, 0.15) is 6.04 Å². The van der Waals surface area contributed by atoms with E-state index in [1.54, 1.807) is 21.6 Å². The lowest BCUT2D eigenvalue weighted by atomic mass is 9.70. The van der Waals surface area contributed by atoms with Crippen LogP contribution in [-0.4, -0.2) is 126 Å². The Morgan fingerprint density at radius 1 is 1.07 bits per heavy atom. The van der Waals surface area contributed by atoms with Crippen molar-refractivity contribution in [2.45, 2.75) is 70.9 Å². The molecule has 2 saturated carbocycles. The molecule has 0 unspecified atom stereocenters. The average molecular weight is 649 g/mol. The highest BCUT2D eigenvalue weighted by molar-refractivity contribution is 5.95. The van der Waals surface area contributed by atoms with Crippen molar-refractivity contribution in [1.29, 1.82) is 0 Å². The van der Waals surface area contributed by atoms with E-state index in [1.807, 2.05) is 0 Å². The second-order valence-electron chi connectivity index (χ2n) is 14.8. The van der Waals surface area contributed by atoms with E-state index >= 15 is 0 Å². The van der Waals surface area contributed by atoms with Crippen LogP contribution in [0.15, 0.2) is 12.4 Å². The quantitative estimate of drug-likeness (QED) is 0.418. The highest BCUT2D eigenvalue weighted by Gasteiger charge is 2.62. The van der Waals surface area contributed by atoms with Gasteiger partial charge in [-0.25, -0.2) is 8.78 Å². The largest absolute Gasteiger partial charge is 0.378 e. The molecule has 14 heteroatoms. The Morgan fingerprint density at radius 3 is 2.33 bits per heavy atom. The summed E-state index contributed by atoms with van der Waals surface area (Å²) in [5, 5.41) is 9.53. The molecule has 2 N–H and O–H groups in total. The molecule has 1 aromatic heterocycles. The summed E-state index contributed by atoms with van der Waals surface area (Å²) < 4.78 is 39.0. The van der Waals surface area contributed by atoms with Gasteiger partial charge in [0.25, 0.3) is 5.91 Å². The molecule has 0 aromatic carbocycles. The number of rotatable bonds is 9. The zero-order chi connectivity index (χ0) is 32.9. The first-order valence-corrected chi connectivity index (χ1v) is 16.5. The molecule has 254 valence electrons. The van der Waals surface area contributed by atoms with Crippen molar-refractivity contribution < 1.29 is 37.4 Å². The molecule has 2 aliphatic carbocycles. The van der Waals surface area contributed by atoms with E-state index in [0.717, 1.165) is 6.42 Å². The zero-order valence-corrected chi connectivity index (χ0v) is 26.9. The van der Waals surface area contributed by atoms with E-state index in [2.05, 4.69) is 29.4 Å². The molecule has 0 radical (unpaired) electrons. The predicted octanol–water partition coefficient (Wildman–Crippen LogP) is 1.93. The third-order valence-electron chi connectivity index (χ3n) is 10.9. The Hall–Kier alpha value is -3.13. The molecule has 3 aliphatic heterocycles. The highest BCUT2D eigenvalue weighted by Crippen LogP contribution is 2.54. The number of carbonyl (C=O) groups excluding carboxylic acids is 4. The van der Waals surface area contributed by atoms with Crippen LogP contribution < -0.4 is 5.32 Å². The molecular weight excluding hydrogens is 602 g/mol. The topological polar surface area (TPSA) is 137 Å². The Balaban J connectivity index is 1.17. The molecule has 12 nitrogen and oxygen atoms in total. The number of amides is 4. The Bertz CT molecular complexity index is 1300. The lowest BCUT2D eigenvalue weighted by molar-refractivity contribution is -0.153. The van der Waals surface area contributed by atoms with E-state index in [0.29, 0.717) is 64.3 Å². The maximum atomic E-state index is 14.2. The van der Waals surface area contributed by atoms with Crippen LogP contribution in [0.1, 0.15) is 63.2 Å². The zero-order valence-electron chi connectivity index (χ0n) is 26.9. The maximum Gasteiger partial charge on any atom is 0.257 e. The number of nitrogens with one attached hydrogen (secondary N) is 2. The van der Waals surface area contributed by atoms with E-state index in [4.69, 9.17) is 9.47 Å². The summed E-state index contributed by atoms with van der Waals surface area (Å²) in [6, 6.07) is -1.02. The van der Waals surface area contributed by atoms with Gasteiger partial charge < -0.3 is 29.5 Å². The Kier molecular flexibility index (Phi) is 8.90. The van der Waals surface area contributed by atoms with Crippen LogP contribution >= 0.6 is 0 Å². The third kappa shape index (κ3) is 6.65. The first-order chi connectivity index (χ1) is 21.8. The lowest BCUT2D eigenvalue weighted by Gasteiger charge is -2.50. The standard InChI is InChI=1S/C32H46F2N6O6/c1-20(46-16-21-4-6-32(33,34)7-5-21)25(29(44)38-8-10-45-11-9-38)37-26(41)24-15-39(27(42)22-13-35-36-14-22)17-31(24)18-40(19-31)28(43)23-12-30(23,2)3/h13-14,20-21,23-25H,4-12,15-19H2,1-3H3,(H,35,36)(H,37,41)/t20-,23-,24+,25+/m1/s1. The first-order valence-electron chi connectivity index (χ1n) is 16.5. The Labute approximate surface area is 267 Å². The number of aromatic amines is 1. The first kappa shape index (κ1) is 32.8. The molecule has 5 fully saturated rings. The van der Waals surface area contributed by atoms with Gasteiger partial charge in [-0.15, -0.1) is 0 Å². The van der Waals surface area contributed by atoms with Crippen molar-refractivity contribution in [3.8, 4) is 0 Å². The summed E-state index contributed by atoms with van der Waals surface area (Å²) >= 11 is 0. The molecule has 0 bridgehead atoms. The van der Waals surface area contributed by atoms with E-state index in [1.165, 1.54) is 12.4 Å². The summed E-state index contributed by atoms with van der Waals surface area (Å²) in [4.78, 5) is 59.7. The van der Waals surface area contributed by atoms with Crippen molar-refractivity contribution in [2.24, 2.45) is 28.6 Å². The average Bonchev–Trinajstić information content (AvgIpc) is 3.39. The maximum absolute atomic E-state index is 14.2. The fourth-order valence-corrected chi connectivity index (χ4v) is 7.60. The molecule has 46 heavy (non-hydrogen) atoms. The van der Waals surface area contributed by atoms with Crippen molar-refractivity contribution in [3.05, 3.63) is 18.0 Å². The molecule has 1 aromatic rings. The van der Waals surface area contributed by atoms with Crippen LogP contribution in [0.2, 0.25) is 0 Å². The minimum atomic E-state index is -2.65.